The van der Waals surface area contributed by atoms with Crippen molar-refractivity contribution in [2.75, 3.05) is 13.1 Å². The second-order valence-corrected chi connectivity index (χ2v) is 6.43. The molecule has 1 aliphatic rings. The van der Waals surface area contributed by atoms with E-state index in [0.29, 0.717) is 0 Å². The lowest BCUT2D eigenvalue weighted by Crippen LogP contribution is -2.62. The molecule has 0 saturated carbocycles. The summed E-state index contributed by atoms with van der Waals surface area (Å²) in [5.41, 5.74) is -2.18. The number of amides is 1. The summed E-state index contributed by atoms with van der Waals surface area (Å²) in [6.45, 7) is 6.38. The minimum atomic E-state index is -1.57. The van der Waals surface area contributed by atoms with E-state index in [-0.39, 0.29) is 24.2 Å². The van der Waals surface area contributed by atoms with Crippen LogP contribution in [0, 0.1) is 18.6 Å². The van der Waals surface area contributed by atoms with Gasteiger partial charge in [0.2, 0.25) is 0 Å². The molecule has 0 atom stereocenters. The molecule has 2 rings (SSSR count). The number of β-amino-alcohol motifs (C(OH)–C–C–N with tert-alkyl or cyclic N) is 1. The van der Waals surface area contributed by atoms with Crippen LogP contribution >= 0.6 is 0 Å². The van der Waals surface area contributed by atoms with Gasteiger partial charge in [-0.15, -0.1) is 0 Å². The molecular weight excluding hydrogens is 280 g/mol. The van der Waals surface area contributed by atoms with Gasteiger partial charge in [0.1, 0.15) is 11.2 Å². The fourth-order valence-electron chi connectivity index (χ4n) is 2.22. The SMILES string of the molecule is Cc1ccc(C2(O)CN(C(=O)OC(C)(C)C)C2)c(F)c1F. The number of carbonyl (C=O) groups is 1. The molecule has 1 amide bonds. The van der Waals surface area contributed by atoms with Crippen molar-refractivity contribution < 1.29 is 23.4 Å². The average molecular weight is 299 g/mol. The number of aryl methyl sites for hydroxylation is 1. The van der Waals surface area contributed by atoms with Gasteiger partial charge in [0.15, 0.2) is 11.6 Å². The van der Waals surface area contributed by atoms with E-state index in [9.17, 15) is 18.7 Å². The van der Waals surface area contributed by atoms with Gasteiger partial charge in [-0.25, -0.2) is 13.6 Å². The summed E-state index contributed by atoms with van der Waals surface area (Å²) in [5, 5.41) is 10.3. The highest BCUT2D eigenvalue weighted by molar-refractivity contribution is 5.70. The van der Waals surface area contributed by atoms with Crippen LogP contribution in [0.5, 0.6) is 0 Å². The fraction of sp³-hybridized carbons (Fsp3) is 0.533. The number of hydrogen-bond donors (Lipinski definition) is 1. The van der Waals surface area contributed by atoms with Crippen LogP contribution in [0.25, 0.3) is 0 Å². The van der Waals surface area contributed by atoms with Gasteiger partial charge in [0.25, 0.3) is 0 Å². The topological polar surface area (TPSA) is 49.8 Å². The maximum Gasteiger partial charge on any atom is 0.410 e. The fourth-order valence-corrected chi connectivity index (χ4v) is 2.22. The summed E-state index contributed by atoms with van der Waals surface area (Å²) >= 11 is 0. The van der Waals surface area contributed by atoms with E-state index in [4.69, 9.17) is 4.74 Å². The molecule has 0 radical (unpaired) electrons. The summed E-state index contributed by atoms with van der Waals surface area (Å²) in [7, 11) is 0. The van der Waals surface area contributed by atoms with E-state index >= 15 is 0 Å². The molecule has 0 spiro atoms. The number of rotatable bonds is 1. The van der Waals surface area contributed by atoms with Crippen LogP contribution in [0.4, 0.5) is 13.6 Å². The first-order valence-electron chi connectivity index (χ1n) is 6.69. The molecule has 1 N–H and O–H groups in total. The maximum atomic E-state index is 13.9. The molecule has 1 aromatic rings. The van der Waals surface area contributed by atoms with Crippen molar-refractivity contribution in [3.8, 4) is 0 Å². The molecule has 1 saturated heterocycles. The molecule has 0 aliphatic carbocycles. The van der Waals surface area contributed by atoms with E-state index in [1.165, 1.54) is 24.0 Å². The van der Waals surface area contributed by atoms with Gasteiger partial charge >= 0.3 is 6.09 Å². The van der Waals surface area contributed by atoms with Crippen LogP contribution in [0.3, 0.4) is 0 Å². The van der Waals surface area contributed by atoms with Gasteiger partial charge in [-0.1, -0.05) is 12.1 Å². The lowest BCUT2D eigenvalue weighted by molar-refractivity contribution is -0.105. The number of hydrogen-bond acceptors (Lipinski definition) is 3. The molecule has 0 unspecified atom stereocenters. The van der Waals surface area contributed by atoms with Crippen molar-refractivity contribution in [3.63, 3.8) is 0 Å². The van der Waals surface area contributed by atoms with Crippen LogP contribution in [-0.2, 0) is 10.3 Å². The van der Waals surface area contributed by atoms with Crippen molar-refractivity contribution in [1.82, 2.24) is 4.90 Å². The Hall–Kier alpha value is -1.69. The van der Waals surface area contributed by atoms with E-state index in [0.717, 1.165) is 0 Å². The quantitative estimate of drug-likeness (QED) is 0.867. The predicted octanol–water partition coefficient (Wildman–Crippen LogP) is 2.71. The molecule has 4 nitrogen and oxygen atoms in total. The molecule has 1 heterocycles. The number of benzene rings is 1. The molecule has 6 heteroatoms. The lowest BCUT2D eigenvalue weighted by atomic mass is 9.85. The average Bonchev–Trinajstić information content (AvgIpc) is 2.30. The number of carbonyl (C=O) groups excluding carboxylic acids is 1. The molecule has 1 aromatic carbocycles. The van der Waals surface area contributed by atoms with Crippen LogP contribution < -0.4 is 0 Å². The Morgan fingerprint density at radius 3 is 2.38 bits per heavy atom. The summed E-state index contributed by atoms with van der Waals surface area (Å²) in [6, 6.07) is 2.75. The van der Waals surface area contributed by atoms with Crippen molar-refractivity contribution in [2.45, 2.75) is 38.9 Å². The van der Waals surface area contributed by atoms with E-state index in [1.807, 2.05) is 0 Å². The van der Waals surface area contributed by atoms with Gasteiger partial charge in [-0.2, -0.15) is 0 Å². The number of halogens is 2. The van der Waals surface area contributed by atoms with Gasteiger partial charge in [-0.3, -0.25) is 0 Å². The molecule has 116 valence electrons. The van der Waals surface area contributed by atoms with Crippen LogP contribution in [0.15, 0.2) is 12.1 Å². The molecule has 1 aliphatic heterocycles. The zero-order chi connectivity index (χ0) is 16.0. The third kappa shape index (κ3) is 3.00. The Labute approximate surface area is 122 Å². The first-order chi connectivity index (χ1) is 9.53. The van der Waals surface area contributed by atoms with Crippen LogP contribution in [-0.4, -0.2) is 34.8 Å². The molecule has 0 aromatic heterocycles. The number of nitrogens with zero attached hydrogens (tertiary/aromatic N) is 1. The Bertz CT molecular complexity index is 575. The third-order valence-electron chi connectivity index (χ3n) is 3.33. The van der Waals surface area contributed by atoms with Gasteiger partial charge < -0.3 is 14.7 Å². The van der Waals surface area contributed by atoms with Gasteiger partial charge in [-0.05, 0) is 33.3 Å². The molecular formula is C15H19F2NO3. The first-order valence-corrected chi connectivity index (χ1v) is 6.69. The zero-order valence-corrected chi connectivity index (χ0v) is 12.5. The number of likely N-dealkylation sites (tertiary alicyclic amines) is 1. The summed E-state index contributed by atoms with van der Waals surface area (Å²) in [5.74, 6) is -2.04. The normalized spacial score (nSPS) is 17.4. The number of ether oxygens (including phenoxy) is 1. The van der Waals surface area contributed by atoms with Crippen molar-refractivity contribution in [1.29, 1.82) is 0 Å². The Kier molecular flexibility index (Phi) is 3.70. The largest absolute Gasteiger partial charge is 0.444 e. The monoisotopic (exact) mass is 299 g/mol. The summed E-state index contributed by atoms with van der Waals surface area (Å²) in [6.07, 6.45) is -0.583. The summed E-state index contributed by atoms with van der Waals surface area (Å²) in [4.78, 5) is 13.0. The van der Waals surface area contributed by atoms with Crippen LogP contribution in [0.2, 0.25) is 0 Å². The second kappa shape index (κ2) is 4.94. The minimum absolute atomic E-state index is 0.124. The van der Waals surface area contributed by atoms with Crippen LogP contribution in [0.1, 0.15) is 31.9 Å². The van der Waals surface area contributed by atoms with Gasteiger partial charge in [0.05, 0.1) is 13.1 Å². The Balaban J connectivity index is 2.12. The highest BCUT2D eigenvalue weighted by atomic mass is 19.2. The molecule has 21 heavy (non-hydrogen) atoms. The lowest BCUT2D eigenvalue weighted by Gasteiger charge is -2.46. The van der Waals surface area contributed by atoms with Crippen molar-refractivity contribution in [3.05, 3.63) is 34.9 Å². The van der Waals surface area contributed by atoms with Crippen molar-refractivity contribution in [2.24, 2.45) is 0 Å². The third-order valence-corrected chi connectivity index (χ3v) is 3.33. The smallest absolute Gasteiger partial charge is 0.410 e. The standard InChI is InChI=1S/C15H19F2NO3/c1-9-5-6-10(12(17)11(9)16)15(20)7-18(8-15)13(19)21-14(2,3)4/h5-6,20H,7-8H2,1-4H3. The minimum Gasteiger partial charge on any atom is -0.444 e. The highest BCUT2D eigenvalue weighted by Crippen LogP contribution is 2.35. The Morgan fingerprint density at radius 2 is 1.86 bits per heavy atom. The molecule has 1 fully saturated rings. The zero-order valence-electron chi connectivity index (χ0n) is 12.5. The van der Waals surface area contributed by atoms with E-state index in [2.05, 4.69) is 0 Å². The maximum absolute atomic E-state index is 13.9. The van der Waals surface area contributed by atoms with Crippen molar-refractivity contribution >= 4 is 6.09 Å². The van der Waals surface area contributed by atoms with E-state index < -0.39 is 28.9 Å². The van der Waals surface area contributed by atoms with E-state index in [1.54, 1.807) is 20.8 Å². The summed E-state index contributed by atoms with van der Waals surface area (Å²) < 4.78 is 32.6. The number of aliphatic hydroxyl groups is 1. The first kappa shape index (κ1) is 15.7. The predicted molar refractivity (Wildman–Crippen MR) is 72.8 cm³/mol. The highest BCUT2D eigenvalue weighted by Gasteiger charge is 2.48. The Morgan fingerprint density at radius 1 is 1.29 bits per heavy atom. The molecule has 0 bridgehead atoms. The second-order valence-electron chi connectivity index (χ2n) is 6.43. The van der Waals surface area contributed by atoms with Gasteiger partial charge in [0, 0.05) is 5.56 Å².